The van der Waals surface area contributed by atoms with Gasteiger partial charge in [-0.05, 0) is 54.4 Å². The van der Waals surface area contributed by atoms with Gasteiger partial charge >= 0.3 is 0 Å². The van der Waals surface area contributed by atoms with Crippen molar-refractivity contribution in [2.24, 2.45) is 0 Å². The number of rotatable bonds is 7. The maximum Gasteiger partial charge on any atom is 0.257 e. The molecule has 9 heteroatoms. The van der Waals surface area contributed by atoms with Crippen LogP contribution in [0.3, 0.4) is 0 Å². The minimum absolute atomic E-state index is 0.0656. The summed E-state index contributed by atoms with van der Waals surface area (Å²) in [4.78, 5) is 33.1. The molecule has 0 unspecified atom stereocenters. The lowest BCUT2D eigenvalue weighted by Gasteiger charge is -2.37. The summed E-state index contributed by atoms with van der Waals surface area (Å²) in [6.07, 6.45) is 5.97. The Labute approximate surface area is 202 Å². The number of amides is 2. The molecule has 1 fully saturated rings. The SMILES string of the molecule is O=C(C[C@@H]1C[C@H]2c3cc(NC(=O)c4cccnc4)ccc3O[C@H]2[C@H](CO)O1)NCc1ccncc1. The molecule has 35 heavy (non-hydrogen) atoms. The van der Waals surface area contributed by atoms with Crippen molar-refractivity contribution in [1.29, 1.82) is 0 Å². The van der Waals surface area contributed by atoms with Gasteiger partial charge in [-0.3, -0.25) is 19.6 Å². The highest BCUT2D eigenvalue weighted by atomic mass is 16.6. The van der Waals surface area contributed by atoms with Gasteiger partial charge in [-0.2, -0.15) is 0 Å². The molecule has 5 rings (SSSR count). The Bertz CT molecular complexity index is 1190. The van der Waals surface area contributed by atoms with Crippen molar-refractivity contribution in [3.63, 3.8) is 0 Å². The van der Waals surface area contributed by atoms with Crippen molar-refractivity contribution in [1.82, 2.24) is 15.3 Å². The first-order chi connectivity index (χ1) is 17.1. The topological polar surface area (TPSA) is 123 Å². The Kier molecular flexibility index (Phi) is 6.69. The van der Waals surface area contributed by atoms with E-state index < -0.39 is 6.10 Å². The summed E-state index contributed by atoms with van der Waals surface area (Å²) in [6, 6.07) is 12.6. The highest BCUT2D eigenvalue weighted by Crippen LogP contribution is 2.47. The molecule has 4 atom stereocenters. The van der Waals surface area contributed by atoms with E-state index in [4.69, 9.17) is 9.47 Å². The molecule has 2 aromatic heterocycles. The second-order valence-corrected chi connectivity index (χ2v) is 8.69. The van der Waals surface area contributed by atoms with Gasteiger partial charge in [0.2, 0.25) is 5.91 Å². The minimum Gasteiger partial charge on any atom is -0.487 e. The molecular formula is C26H26N4O5. The molecule has 2 amide bonds. The maximum absolute atomic E-state index is 12.6. The number of aromatic nitrogens is 2. The molecule has 3 aromatic rings. The van der Waals surface area contributed by atoms with Crippen molar-refractivity contribution >= 4 is 17.5 Å². The molecule has 9 nitrogen and oxygen atoms in total. The average Bonchev–Trinajstić information content (AvgIpc) is 3.26. The first kappa shape index (κ1) is 22.9. The fourth-order valence-corrected chi connectivity index (χ4v) is 4.65. The molecule has 4 heterocycles. The highest BCUT2D eigenvalue weighted by Gasteiger charge is 2.46. The van der Waals surface area contributed by atoms with Gasteiger partial charge < -0.3 is 25.2 Å². The van der Waals surface area contributed by atoms with Crippen LogP contribution in [0.15, 0.2) is 67.3 Å². The van der Waals surface area contributed by atoms with E-state index in [1.807, 2.05) is 24.3 Å². The Morgan fingerprint density at radius 3 is 2.71 bits per heavy atom. The monoisotopic (exact) mass is 474 g/mol. The third kappa shape index (κ3) is 5.16. The van der Waals surface area contributed by atoms with Gasteiger partial charge in [-0.1, -0.05) is 0 Å². The minimum atomic E-state index is -0.549. The summed E-state index contributed by atoms with van der Waals surface area (Å²) < 4.78 is 12.1. The molecule has 0 radical (unpaired) electrons. The molecule has 2 aliphatic heterocycles. The lowest BCUT2D eigenvalue weighted by atomic mass is 9.84. The predicted molar refractivity (Wildman–Crippen MR) is 127 cm³/mol. The zero-order valence-electron chi connectivity index (χ0n) is 19.0. The van der Waals surface area contributed by atoms with Crippen LogP contribution in [0, 0.1) is 0 Å². The van der Waals surface area contributed by atoms with Gasteiger partial charge in [0.1, 0.15) is 18.0 Å². The molecule has 2 aliphatic rings. The Morgan fingerprint density at radius 1 is 1.09 bits per heavy atom. The number of benzene rings is 1. The standard InChI is InChI=1S/C26H26N4O5/c31-15-23-25-21(11-19(34-23)12-24(32)29-13-16-5-8-27-9-6-16)20-10-18(3-4-22(20)35-25)30-26(33)17-2-1-7-28-14-17/h1-10,14,19,21,23,25,31H,11-13,15H2,(H,29,32)(H,30,33)/t19-,21-,23-,25+/m0/s1. The number of aliphatic hydroxyl groups excluding tert-OH is 1. The van der Waals surface area contributed by atoms with Crippen LogP contribution >= 0.6 is 0 Å². The van der Waals surface area contributed by atoms with Crippen LogP contribution in [0.4, 0.5) is 5.69 Å². The molecule has 1 saturated heterocycles. The molecule has 0 aliphatic carbocycles. The van der Waals surface area contributed by atoms with E-state index in [-0.39, 0.29) is 43.0 Å². The van der Waals surface area contributed by atoms with Crippen LogP contribution in [0.25, 0.3) is 0 Å². The van der Waals surface area contributed by atoms with Crippen LogP contribution in [0.2, 0.25) is 0 Å². The van der Waals surface area contributed by atoms with Crippen LogP contribution in [0.1, 0.15) is 40.2 Å². The number of aliphatic hydroxyl groups is 1. The molecule has 0 bridgehead atoms. The number of nitrogens with one attached hydrogen (secondary N) is 2. The van der Waals surface area contributed by atoms with E-state index in [9.17, 15) is 14.7 Å². The van der Waals surface area contributed by atoms with Crippen LogP contribution < -0.4 is 15.4 Å². The number of fused-ring (bicyclic) bond motifs is 3. The van der Waals surface area contributed by atoms with Crippen LogP contribution in [-0.4, -0.2) is 51.8 Å². The first-order valence-electron chi connectivity index (χ1n) is 11.5. The van der Waals surface area contributed by atoms with Crippen molar-refractivity contribution in [2.45, 2.75) is 43.6 Å². The second kappa shape index (κ2) is 10.2. The number of hydrogen-bond donors (Lipinski definition) is 3. The molecule has 1 aromatic carbocycles. The van der Waals surface area contributed by atoms with E-state index in [0.717, 1.165) is 11.1 Å². The normalized spacial score (nSPS) is 22.4. The third-order valence-electron chi connectivity index (χ3n) is 6.33. The van der Waals surface area contributed by atoms with Crippen molar-refractivity contribution in [3.05, 3.63) is 83.9 Å². The van der Waals surface area contributed by atoms with E-state index >= 15 is 0 Å². The number of pyridine rings is 2. The molecule has 180 valence electrons. The van der Waals surface area contributed by atoms with E-state index in [2.05, 4.69) is 20.6 Å². The highest BCUT2D eigenvalue weighted by molar-refractivity contribution is 6.04. The van der Waals surface area contributed by atoms with Crippen molar-refractivity contribution in [2.75, 3.05) is 11.9 Å². The van der Waals surface area contributed by atoms with Crippen molar-refractivity contribution < 1.29 is 24.2 Å². The smallest absolute Gasteiger partial charge is 0.257 e. The van der Waals surface area contributed by atoms with Gasteiger partial charge in [0, 0.05) is 48.5 Å². The summed E-state index contributed by atoms with van der Waals surface area (Å²) in [5.41, 5.74) is 3.00. The molecular weight excluding hydrogens is 448 g/mol. The van der Waals surface area contributed by atoms with Gasteiger partial charge in [-0.15, -0.1) is 0 Å². The summed E-state index contributed by atoms with van der Waals surface area (Å²) in [5.74, 6) is 0.254. The molecule has 0 spiro atoms. The second-order valence-electron chi connectivity index (χ2n) is 8.69. The van der Waals surface area contributed by atoms with Crippen LogP contribution in [0.5, 0.6) is 5.75 Å². The number of ether oxygens (including phenoxy) is 2. The van der Waals surface area contributed by atoms with Gasteiger partial charge in [0.15, 0.2) is 0 Å². The fourth-order valence-electron chi connectivity index (χ4n) is 4.65. The number of carbonyl (C=O) groups is 2. The average molecular weight is 475 g/mol. The molecule has 3 N–H and O–H groups in total. The quantitative estimate of drug-likeness (QED) is 0.481. The number of carbonyl (C=O) groups excluding carboxylic acids is 2. The lowest BCUT2D eigenvalue weighted by molar-refractivity contribution is -0.142. The van der Waals surface area contributed by atoms with E-state index in [1.165, 1.54) is 6.20 Å². The number of nitrogens with zero attached hydrogens (tertiary/aromatic N) is 2. The first-order valence-corrected chi connectivity index (χ1v) is 11.5. The summed E-state index contributed by atoms with van der Waals surface area (Å²) >= 11 is 0. The van der Waals surface area contributed by atoms with Crippen LogP contribution in [-0.2, 0) is 16.1 Å². The number of anilines is 1. The zero-order valence-corrected chi connectivity index (χ0v) is 19.0. The molecule has 0 saturated carbocycles. The Hall–Kier alpha value is -3.82. The summed E-state index contributed by atoms with van der Waals surface area (Å²) in [5, 5.41) is 15.8. The van der Waals surface area contributed by atoms with Crippen molar-refractivity contribution in [3.8, 4) is 5.75 Å². The summed E-state index contributed by atoms with van der Waals surface area (Å²) in [6.45, 7) is 0.199. The lowest BCUT2D eigenvalue weighted by Crippen LogP contribution is -2.47. The predicted octanol–water partition coefficient (Wildman–Crippen LogP) is 2.43. The number of hydrogen-bond acceptors (Lipinski definition) is 7. The Morgan fingerprint density at radius 2 is 1.94 bits per heavy atom. The maximum atomic E-state index is 12.6. The van der Waals surface area contributed by atoms with Gasteiger partial charge in [0.25, 0.3) is 5.91 Å². The van der Waals surface area contributed by atoms with Gasteiger partial charge in [-0.25, -0.2) is 0 Å². The third-order valence-corrected chi connectivity index (χ3v) is 6.33. The largest absolute Gasteiger partial charge is 0.487 e. The van der Waals surface area contributed by atoms with Gasteiger partial charge in [0.05, 0.1) is 24.7 Å². The fraction of sp³-hybridized carbons (Fsp3) is 0.308. The Balaban J connectivity index is 1.26. The van der Waals surface area contributed by atoms with E-state index in [0.29, 0.717) is 30.0 Å². The van der Waals surface area contributed by atoms with E-state index in [1.54, 1.807) is 36.8 Å². The summed E-state index contributed by atoms with van der Waals surface area (Å²) in [7, 11) is 0. The zero-order chi connectivity index (χ0) is 24.2.